The molecule has 0 saturated carbocycles. The molecule has 272 valence electrons. The summed E-state index contributed by atoms with van der Waals surface area (Å²) in [7, 11) is 1.29. The molecule has 4 aliphatic rings. The number of nitrogens with one attached hydrogen (secondary N) is 3. The van der Waals surface area contributed by atoms with Gasteiger partial charge in [0.2, 0.25) is 5.91 Å². The summed E-state index contributed by atoms with van der Waals surface area (Å²) in [5.74, 6) is 2.28. The number of carbonyl (C=O) groups is 3. The van der Waals surface area contributed by atoms with E-state index in [0.29, 0.717) is 13.2 Å². The number of carbonyl (C=O) groups excluding carboxylic acids is 2. The van der Waals surface area contributed by atoms with Crippen LogP contribution in [0.15, 0.2) is 36.5 Å². The fraction of sp³-hybridized carbons (Fsp3) is 0.462. The minimum absolute atomic E-state index is 0.00136. The van der Waals surface area contributed by atoms with Crippen LogP contribution in [0.4, 0.5) is 9.59 Å². The molecule has 2 aromatic heterocycles. The number of H-pyrrole nitrogens is 2. The molecule has 8 rings (SSSR count). The lowest BCUT2D eigenvalue weighted by atomic mass is 9.86. The summed E-state index contributed by atoms with van der Waals surface area (Å²) in [5.41, 5.74) is 9.25. The van der Waals surface area contributed by atoms with Crippen LogP contribution in [0, 0.1) is 11.8 Å². The monoisotopic (exact) mass is 707 g/mol. The summed E-state index contributed by atoms with van der Waals surface area (Å²) in [6.07, 6.45) is 4.30. The molecule has 0 spiro atoms. The smallest absolute Gasteiger partial charge is 0.407 e. The van der Waals surface area contributed by atoms with E-state index in [-0.39, 0.29) is 35.9 Å². The summed E-state index contributed by atoms with van der Waals surface area (Å²) >= 11 is 0. The molecule has 4 N–H and O–H groups in total. The lowest BCUT2D eigenvalue weighted by Gasteiger charge is -2.32. The standard InChI is InChI=1S/C39H45N7O6/c1-19(2)33(44-38(48)51-5)37(47)46-21(4)6-11-30(46)35-40-16-29(42-35)23-7-9-25-24(13-23)18-52-32-15-26-22(14-27(25)32)8-10-28-34(26)43-36(41-28)31-12-20(3)17-45(31)39(49)50/h7,9,13-16,19-21,30-31,33H,6,8,10-12,17-18H2,1-5H3,(H,40,42)(H,41,43)(H,44,48)(H,49,50)/t20-,21-,30-,31-,33-/m0/s1. The maximum atomic E-state index is 13.8. The molecular formula is C39H45N7O6. The highest BCUT2D eigenvalue weighted by Crippen LogP contribution is 2.46. The Labute approximate surface area is 302 Å². The SMILES string of the molecule is COC(=O)N[C@H](C(=O)N1[C@@H](C)CC[C@H]1c1ncc(-c2ccc3c(c2)COc2cc4c(cc2-3)CCc2[nH]c([C@@H]3C[C@H](C)CN3C(=O)O)nc2-4)[nH]1)C(C)C. The summed E-state index contributed by atoms with van der Waals surface area (Å²) in [5, 5.41) is 12.5. The van der Waals surface area contributed by atoms with E-state index < -0.39 is 18.2 Å². The van der Waals surface area contributed by atoms with Gasteiger partial charge in [0.1, 0.15) is 30.0 Å². The Hall–Kier alpha value is -5.33. The van der Waals surface area contributed by atoms with Crippen molar-refractivity contribution in [3.05, 3.63) is 65.0 Å². The fourth-order valence-corrected chi connectivity index (χ4v) is 8.58. The van der Waals surface area contributed by atoms with E-state index >= 15 is 0 Å². The van der Waals surface area contributed by atoms with Gasteiger partial charge in [-0.2, -0.15) is 0 Å². The molecule has 5 heterocycles. The third-order valence-corrected chi connectivity index (χ3v) is 11.3. The van der Waals surface area contributed by atoms with Crippen LogP contribution in [0.5, 0.6) is 5.75 Å². The third kappa shape index (κ3) is 5.75. The summed E-state index contributed by atoms with van der Waals surface area (Å²) in [4.78, 5) is 57.9. The van der Waals surface area contributed by atoms with Gasteiger partial charge in [0.15, 0.2) is 0 Å². The molecule has 0 bridgehead atoms. The van der Waals surface area contributed by atoms with Crippen LogP contribution in [-0.2, 0) is 29.0 Å². The van der Waals surface area contributed by atoms with Crippen molar-refractivity contribution in [1.82, 2.24) is 35.1 Å². The average molecular weight is 708 g/mol. The second-order valence-corrected chi connectivity index (χ2v) is 15.1. The first kappa shape index (κ1) is 33.8. The topological polar surface area (TPSA) is 166 Å². The first-order chi connectivity index (χ1) is 25.0. The fourth-order valence-electron chi connectivity index (χ4n) is 8.58. The summed E-state index contributed by atoms with van der Waals surface area (Å²) < 4.78 is 11.2. The van der Waals surface area contributed by atoms with Crippen LogP contribution in [0.3, 0.4) is 0 Å². The number of carboxylic acid groups (broad SMARTS) is 1. The number of benzene rings is 2. The Morgan fingerprint density at radius 3 is 2.60 bits per heavy atom. The van der Waals surface area contributed by atoms with Crippen molar-refractivity contribution in [3.8, 4) is 39.4 Å². The van der Waals surface area contributed by atoms with Gasteiger partial charge >= 0.3 is 12.2 Å². The van der Waals surface area contributed by atoms with Gasteiger partial charge in [-0.1, -0.05) is 32.9 Å². The number of fused-ring (bicyclic) bond motifs is 6. The first-order valence-electron chi connectivity index (χ1n) is 18.2. The summed E-state index contributed by atoms with van der Waals surface area (Å²) in [6.45, 7) is 8.86. The highest BCUT2D eigenvalue weighted by Gasteiger charge is 2.41. The molecule has 3 amide bonds. The molecule has 0 radical (unpaired) electrons. The number of nitrogens with zero attached hydrogens (tertiary/aromatic N) is 4. The van der Waals surface area contributed by atoms with E-state index in [9.17, 15) is 19.5 Å². The number of imidazole rings is 2. The Morgan fingerprint density at radius 2 is 1.83 bits per heavy atom. The lowest BCUT2D eigenvalue weighted by Crippen LogP contribution is -2.52. The predicted molar refractivity (Wildman–Crippen MR) is 192 cm³/mol. The molecule has 2 saturated heterocycles. The van der Waals surface area contributed by atoms with Crippen molar-refractivity contribution >= 4 is 18.1 Å². The zero-order chi connectivity index (χ0) is 36.4. The summed E-state index contributed by atoms with van der Waals surface area (Å²) in [6, 6.07) is 9.48. The van der Waals surface area contributed by atoms with Crippen LogP contribution in [0.2, 0.25) is 0 Å². The number of aromatic amines is 2. The number of aromatic nitrogens is 4. The lowest BCUT2D eigenvalue weighted by molar-refractivity contribution is -0.137. The second kappa shape index (κ2) is 13.0. The van der Waals surface area contributed by atoms with Gasteiger partial charge in [0.25, 0.3) is 0 Å². The highest BCUT2D eigenvalue weighted by molar-refractivity contribution is 5.87. The number of hydrogen-bond acceptors (Lipinski definition) is 7. The predicted octanol–water partition coefficient (Wildman–Crippen LogP) is 6.62. The minimum Gasteiger partial charge on any atom is -0.488 e. The van der Waals surface area contributed by atoms with Crippen LogP contribution in [0.25, 0.3) is 33.6 Å². The third-order valence-electron chi connectivity index (χ3n) is 11.3. The van der Waals surface area contributed by atoms with Crippen molar-refractivity contribution < 1.29 is 29.0 Å². The Kier molecular flexibility index (Phi) is 8.46. The van der Waals surface area contributed by atoms with Crippen LogP contribution in [-0.4, -0.2) is 78.7 Å². The largest absolute Gasteiger partial charge is 0.488 e. The average Bonchev–Trinajstić information content (AvgIpc) is 3.94. The Morgan fingerprint density at radius 1 is 1.00 bits per heavy atom. The molecule has 2 aromatic carbocycles. The number of alkyl carbamates (subject to hydrolysis) is 1. The van der Waals surface area contributed by atoms with Crippen molar-refractivity contribution in [1.29, 1.82) is 0 Å². The van der Waals surface area contributed by atoms with E-state index in [2.05, 4.69) is 52.5 Å². The maximum Gasteiger partial charge on any atom is 0.407 e. The van der Waals surface area contributed by atoms with E-state index in [1.54, 1.807) is 0 Å². The second-order valence-electron chi connectivity index (χ2n) is 15.1. The number of rotatable bonds is 6. The maximum absolute atomic E-state index is 13.8. The molecular weight excluding hydrogens is 662 g/mol. The number of aryl methyl sites for hydroxylation is 2. The van der Waals surface area contributed by atoms with Crippen LogP contribution >= 0.6 is 0 Å². The van der Waals surface area contributed by atoms with E-state index in [1.807, 2.05) is 31.9 Å². The molecule has 5 atom stereocenters. The molecule has 13 nitrogen and oxygen atoms in total. The van der Waals surface area contributed by atoms with Crippen molar-refractivity contribution in [2.24, 2.45) is 11.8 Å². The van der Waals surface area contributed by atoms with Crippen LogP contribution < -0.4 is 10.1 Å². The van der Waals surface area contributed by atoms with Crippen molar-refractivity contribution in [2.75, 3.05) is 13.7 Å². The van der Waals surface area contributed by atoms with Gasteiger partial charge < -0.3 is 34.8 Å². The van der Waals surface area contributed by atoms with Gasteiger partial charge in [-0.05, 0) is 91.3 Å². The molecule has 13 heteroatoms. The van der Waals surface area contributed by atoms with Crippen molar-refractivity contribution in [2.45, 2.75) is 90.6 Å². The van der Waals surface area contributed by atoms with Gasteiger partial charge in [-0.25, -0.2) is 19.6 Å². The molecule has 52 heavy (non-hydrogen) atoms. The molecule has 4 aromatic rings. The van der Waals surface area contributed by atoms with Crippen molar-refractivity contribution in [3.63, 3.8) is 0 Å². The number of methoxy groups -OCH3 is 1. The number of ether oxygens (including phenoxy) is 2. The molecule has 1 aliphatic carbocycles. The Balaban J connectivity index is 1.04. The first-order valence-corrected chi connectivity index (χ1v) is 18.2. The zero-order valence-corrected chi connectivity index (χ0v) is 30.2. The quantitative estimate of drug-likeness (QED) is 0.174. The normalized spacial score (nSPS) is 22.3. The Bertz CT molecular complexity index is 2070. The molecule has 0 unspecified atom stereocenters. The van der Waals surface area contributed by atoms with Gasteiger partial charge in [-0.15, -0.1) is 0 Å². The van der Waals surface area contributed by atoms with E-state index in [0.717, 1.165) is 94.4 Å². The highest BCUT2D eigenvalue weighted by atomic mass is 16.5. The van der Waals surface area contributed by atoms with E-state index in [1.165, 1.54) is 17.6 Å². The number of likely N-dealkylation sites (tertiary alicyclic amines) is 2. The van der Waals surface area contributed by atoms with Gasteiger partial charge in [0.05, 0.1) is 36.8 Å². The zero-order valence-electron chi connectivity index (χ0n) is 30.2. The number of amides is 3. The minimum atomic E-state index is -0.908. The van der Waals surface area contributed by atoms with Crippen LogP contribution in [0.1, 0.15) is 87.5 Å². The van der Waals surface area contributed by atoms with Gasteiger partial charge in [-0.3, -0.25) is 9.69 Å². The van der Waals surface area contributed by atoms with Gasteiger partial charge in [0, 0.05) is 29.4 Å². The molecule has 2 fully saturated rings. The van der Waals surface area contributed by atoms with E-state index in [4.69, 9.17) is 19.4 Å². The molecule has 3 aliphatic heterocycles. The number of hydrogen-bond donors (Lipinski definition) is 4.